The Labute approximate surface area is 126 Å². The molecule has 7 heteroatoms. The predicted octanol–water partition coefficient (Wildman–Crippen LogP) is 2.15. The van der Waals surface area contributed by atoms with Gasteiger partial charge in [-0.1, -0.05) is 12.1 Å². The monoisotopic (exact) mass is 313 g/mol. The minimum atomic E-state index is -2.88. The number of aliphatic carboxylic acids is 1. The van der Waals surface area contributed by atoms with E-state index in [0.29, 0.717) is 18.5 Å². The van der Waals surface area contributed by atoms with Crippen LogP contribution in [-0.4, -0.2) is 41.1 Å². The van der Waals surface area contributed by atoms with Crippen molar-refractivity contribution in [2.45, 2.75) is 32.4 Å². The molecule has 0 aromatic heterocycles. The van der Waals surface area contributed by atoms with E-state index in [1.54, 1.807) is 24.0 Å². The van der Waals surface area contributed by atoms with Gasteiger partial charge in [-0.2, -0.15) is 8.78 Å². The number of carbonyl (C=O) groups is 2. The van der Waals surface area contributed by atoms with Gasteiger partial charge in [0.25, 0.3) is 0 Å². The summed E-state index contributed by atoms with van der Waals surface area (Å²) in [5.74, 6) is -1.56. The highest BCUT2D eigenvalue weighted by molar-refractivity contribution is 5.81. The number of alkyl halides is 2. The number of rotatable bonds is 5. The number of carbonyl (C=O) groups excluding carboxylic acids is 1. The van der Waals surface area contributed by atoms with E-state index in [2.05, 4.69) is 4.74 Å². The van der Waals surface area contributed by atoms with Gasteiger partial charge >= 0.3 is 12.6 Å². The van der Waals surface area contributed by atoms with Crippen LogP contribution in [0.5, 0.6) is 5.75 Å². The fourth-order valence-electron chi connectivity index (χ4n) is 2.69. The summed E-state index contributed by atoms with van der Waals surface area (Å²) >= 11 is 0. The lowest BCUT2D eigenvalue weighted by atomic mass is 10.0. The number of ether oxygens (including phenoxy) is 1. The number of halogens is 2. The Kier molecular flexibility index (Phi) is 4.95. The summed E-state index contributed by atoms with van der Waals surface area (Å²) in [4.78, 5) is 24.8. The van der Waals surface area contributed by atoms with Gasteiger partial charge in [-0.15, -0.1) is 0 Å². The van der Waals surface area contributed by atoms with Crippen LogP contribution < -0.4 is 4.74 Å². The van der Waals surface area contributed by atoms with E-state index in [4.69, 9.17) is 5.11 Å². The minimum Gasteiger partial charge on any atom is -0.481 e. The molecule has 2 unspecified atom stereocenters. The van der Waals surface area contributed by atoms with Crippen molar-refractivity contribution in [3.63, 3.8) is 0 Å². The Hall–Kier alpha value is -2.18. The van der Waals surface area contributed by atoms with E-state index < -0.39 is 18.5 Å². The average Bonchev–Trinajstić information content (AvgIpc) is 2.82. The summed E-state index contributed by atoms with van der Waals surface area (Å²) in [6.45, 7) is -0.738. The van der Waals surface area contributed by atoms with Crippen LogP contribution in [0.3, 0.4) is 0 Å². The molecular weight excluding hydrogens is 296 g/mol. The van der Waals surface area contributed by atoms with Crippen LogP contribution in [0.15, 0.2) is 24.3 Å². The van der Waals surface area contributed by atoms with E-state index in [1.807, 2.05) is 0 Å². The summed E-state index contributed by atoms with van der Waals surface area (Å²) in [7, 11) is 0. The molecule has 1 amide bonds. The second-order valence-corrected chi connectivity index (χ2v) is 5.26. The molecular formula is C15H17F2NO4. The second kappa shape index (κ2) is 6.72. The van der Waals surface area contributed by atoms with Gasteiger partial charge in [0.15, 0.2) is 0 Å². The van der Waals surface area contributed by atoms with E-state index >= 15 is 0 Å². The zero-order valence-corrected chi connectivity index (χ0v) is 12.0. The van der Waals surface area contributed by atoms with E-state index in [1.165, 1.54) is 12.1 Å². The highest BCUT2D eigenvalue weighted by Gasteiger charge is 2.37. The molecule has 1 aromatic carbocycles. The fourth-order valence-corrected chi connectivity index (χ4v) is 2.69. The maximum atomic E-state index is 12.2. The average molecular weight is 313 g/mol. The van der Waals surface area contributed by atoms with Crippen LogP contribution >= 0.6 is 0 Å². The zero-order valence-electron chi connectivity index (χ0n) is 12.0. The molecule has 0 radical (unpaired) electrons. The van der Waals surface area contributed by atoms with Crippen LogP contribution in [0.4, 0.5) is 8.78 Å². The molecule has 1 aliphatic rings. The molecule has 2 atom stereocenters. The number of carboxylic acids is 1. The van der Waals surface area contributed by atoms with E-state index in [9.17, 15) is 18.4 Å². The first-order valence-corrected chi connectivity index (χ1v) is 6.94. The second-order valence-electron chi connectivity index (χ2n) is 5.26. The predicted molar refractivity (Wildman–Crippen MR) is 73.7 cm³/mol. The lowest BCUT2D eigenvalue weighted by molar-refractivity contribution is -0.143. The Morgan fingerprint density at radius 1 is 1.36 bits per heavy atom. The lowest BCUT2D eigenvalue weighted by Gasteiger charge is -2.23. The standard InChI is InChI=1S/C15H17F2NO4/c1-9-12(14(20)21)6-7-18(9)13(19)8-10-2-4-11(5-3-10)22-15(16)17/h2-5,9,12,15H,6-8H2,1H3,(H,20,21). The summed E-state index contributed by atoms with van der Waals surface area (Å²) < 4.78 is 28.3. The summed E-state index contributed by atoms with van der Waals surface area (Å²) in [6, 6.07) is 5.51. The van der Waals surface area contributed by atoms with Gasteiger partial charge in [0.2, 0.25) is 5.91 Å². The summed E-state index contributed by atoms with van der Waals surface area (Å²) in [6.07, 6.45) is 0.551. The molecule has 120 valence electrons. The molecule has 0 aliphatic carbocycles. The number of hydrogen-bond acceptors (Lipinski definition) is 3. The molecule has 1 aliphatic heterocycles. The number of benzene rings is 1. The largest absolute Gasteiger partial charge is 0.481 e. The lowest BCUT2D eigenvalue weighted by Crippen LogP contribution is -2.38. The first kappa shape index (κ1) is 16.2. The molecule has 1 fully saturated rings. The number of nitrogens with zero attached hydrogens (tertiary/aromatic N) is 1. The van der Waals surface area contributed by atoms with Gasteiger partial charge in [0.05, 0.1) is 12.3 Å². The van der Waals surface area contributed by atoms with Crippen molar-refractivity contribution >= 4 is 11.9 Å². The van der Waals surface area contributed by atoms with E-state index in [0.717, 1.165) is 0 Å². The van der Waals surface area contributed by atoms with Gasteiger partial charge in [0, 0.05) is 12.6 Å². The molecule has 22 heavy (non-hydrogen) atoms. The van der Waals surface area contributed by atoms with Crippen LogP contribution in [0.25, 0.3) is 0 Å². The first-order chi connectivity index (χ1) is 10.4. The van der Waals surface area contributed by atoms with Crippen molar-refractivity contribution < 1.29 is 28.2 Å². The Balaban J connectivity index is 1.96. The fraction of sp³-hybridized carbons (Fsp3) is 0.467. The number of hydrogen-bond donors (Lipinski definition) is 1. The maximum Gasteiger partial charge on any atom is 0.387 e. The number of carboxylic acid groups (broad SMARTS) is 1. The van der Waals surface area contributed by atoms with Crippen LogP contribution in [0, 0.1) is 5.92 Å². The molecule has 1 heterocycles. The third-order valence-corrected chi connectivity index (χ3v) is 3.90. The molecule has 1 N–H and O–H groups in total. The maximum absolute atomic E-state index is 12.2. The van der Waals surface area contributed by atoms with Crippen molar-refractivity contribution in [2.75, 3.05) is 6.54 Å². The highest BCUT2D eigenvalue weighted by atomic mass is 19.3. The Morgan fingerprint density at radius 3 is 2.50 bits per heavy atom. The first-order valence-electron chi connectivity index (χ1n) is 6.94. The van der Waals surface area contributed by atoms with Crippen LogP contribution in [0.2, 0.25) is 0 Å². The zero-order chi connectivity index (χ0) is 16.3. The van der Waals surface area contributed by atoms with Crippen molar-refractivity contribution in [2.24, 2.45) is 5.92 Å². The normalized spacial score (nSPS) is 21.2. The quantitative estimate of drug-likeness (QED) is 0.904. The topological polar surface area (TPSA) is 66.8 Å². The van der Waals surface area contributed by atoms with Crippen LogP contribution in [-0.2, 0) is 16.0 Å². The summed E-state index contributed by atoms with van der Waals surface area (Å²) in [5, 5.41) is 9.06. The SMILES string of the molecule is CC1C(C(=O)O)CCN1C(=O)Cc1ccc(OC(F)F)cc1. The smallest absolute Gasteiger partial charge is 0.387 e. The molecule has 1 aromatic rings. The molecule has 0 spiro atoms. The van der Waals surface area contributed by atoms with Gasteiger partial charge in [-0.25, -0.2) is 0 Å². The van der Waals surface area contributed by atoms with Crippen molar-refractivity contribution in [3.05, 3.63) is 29.8 Å². The van der Waals surface area contributed by atoms with Crippen molar-refractivity contribution in [1.29, 1.82) is 0 Å². The minimum absolute atomic E-state index is 0.0340. The third-order valence-electron chi connectivity index (χ3n) is 3.90. The van der Waals surface area contributed by atoms with Gasteiger partial charge < -0.3 is 14.7 Å². The Morgan fingerprint density at radius 2 is 2.00 bits per heavy atom. The molecule has 2 rings (SSSR count). The number of likely N-dealkylation sites (tertiary alicyclic amines) is 1. The van der Waals surface area contributed by atoms with Crippen LogP contribution in [0.1, 0.15) is 18.9 Å². The summed E-state index contributed by atoms with van der Waals surface area (Å²) in [5.41, 5.74) is 0.664. The third kappa shape index (κ3) is 3.72. The van der Waals surface area contributed by atoms with E-state index in [-0.39, 0.29) is 24.1 Å². The van der Waals surface area contributed by atoms with Gasteiger partial charge in [-0.3, -0.25) is 9.59 Å². The van der Waals surface area contributed by atoms with Crippen molar-refractivity contribution in [3.8, 4) is 5.75 Å². The molecule has 5 nitrogen and oxygen atoms in total. The van der Waals surface area contributed by atoms with Crippen molar-refractivity contribution in [1.82, 2.24) is 4.90 Å². The molecule has 0 bridgehead atoms. The Bertz CT molecular complexity index is 547. The molecule has 0 saturated carbocycles. The highest BCUT2D eigenvalue weighted by Crippen LogP contribution is 2.25. The van der Waals surface area contributed by atoms with Gasteiger partial charge in [-0.05, 0) is 31.0 Å². The number of amides is 1. The van der Waals surface area contributed by atoms with Gasteiger partial charge in [0.1, 0.15) is 5.75 Å². The molecule has 1 saturated heterocycles.